The zero-order valence-electron chi connectivity index (χ0n) is 11.3. The van der Waals surface area contributed by atoms with Crippen LogP contribution in [0.4, 0.5) is 0 Å². The van der Waals surface area contributed by atoms with Crippen molar-refractivity contribution in [1.82, 2.24) is 14.5 Å². The lowest BCUT2D eigenvalue weighted by Gasteiger charge is -2.07. The SMILES string of the molecule is CCS(=O)CCn1c(SCC(=O)O)nc2cc(Cl)cnc21. The third-order valence-electron chi connectivity index (χ3n) is 2.71. The van der Waals surface area contributed by atoms with Crippen LogP contribution in [-0.2, 0) is 22.1 Å². The molecule has 2 heterocycles. The number of imidazole rings is 1. The monoisotopic (exact) mass is 347 g/mol. The van der Waals surface area contributed by atoms with E-state index in [1.165, 1.54) is 6.20 Å². The molecule has 0 aromatic carbocycles. The van der Waals surface area contributed by atoms with Gasteiger partial charge in [-0.05, 0) is 6.07 Å². The number of carbonyl (C=O) groups is 1. The van der Waals surface area contributed by atoms with E-state index >= 15 is 0 Å². The van der Waals surface area contributed by atoms with Gasteiger partial charge in [0.25, 0.3) is 0 Å². The van der Waals surface area contributed by atoms with Crippen molar-refractivity contribution in [2.75, 3.05) is 17.3 Å². The summed E-state index contributed by atoms with van der Waals surface area (Å²) >= 11 is 7.01. The summed E-state index contributed by atoms with van der Waals surface area (Å²) in [6.07, 6.45) is 1.52. The number of nitrogens with zero attached hydrogens (tertiary/aromatic N) is 3. The highest BCUT2D eigenvalue weighted by molar-refractivity contribution is 7.99. The van der Waals surface area contributed by atoms with E-state index in [9.17, 15) is 9.00 Å². The highest BCUT2D eigenvalue weighted by atomic mass is 35.5. The lowest BCUT2D eigenvalue weighted by atomic mass is 10.4. The second-order valence-electron chi connectivity index (χ2n) is 4.16. The third kappa shape index (κ3) is 4.18. The number of aromatic nitrogens is 3. The predicted molar refractivity (Wildman–Crippen MR) is 84.4 cm³/mol. The van der Waals surface area contributed by atoms with Crippen LogP contribution in [0.25, 0.3) is 11.2 Å². The molecule has 0 spiro atoms. The molecule has 1 N–H and O–H groups in total. The fourth-order valence-corrected chi connectivity index (χ4v) is 3.32. The molecule has 0 amide bonds. The number of pyridine rings is 1. The van der Waals surface area contributed by atoms with Gasteiger partial charge in [0.1, 0.15) is 5.52 Å². The van der Waals surface area contributed by atoms with Crippen molar-refractivity contribution >= 4 is 51.3 Å². The lowest BCUT2D eigenvalue weighted by Crippen LogP contribution is -2.11. The van der Waals surface area contributed by atoms with Crippen molar-refractivity contribution in [1.29, 1.82) is 0 Å². The summed E-state index contributed by atoms with van der Waals surface area (Å²) in [6.45, 7) is 2.34. The summed E-state index contributed by atoms with van der Waals surface area (Å²) in [6, 6.07) is 1.68. The van der Waals surface area contributed by atoms with Crippen molar-refractivity contribution in [2.24, 2.45) is 0 Å². The molecule has 6 nitrogen and oxygen atoms in total. The largest absolute Gasteiger partial charge is 0.481 e. The Morgan fingerprint density at radius 3 is 3.00 bits per heavy atom. The highest BCUT2D eigenvalue weighted by Crippen LogP contribution is 2.24. The normalized spacial score (nSPS) is 12.7. The highest BCUT2D eigenvalue weighted by Gasteiger charge is 2.14. The van der Waals surface area contributed by atoms with Gasteiger partial charge in [0, 0.05) is 35.0 Å². The van der Waals surface area contributed by atoms with E-state index < -0.39 is 16.8 Å². The minimum absolute atomic E-state index is 0.0894. The lowest BCUT2D eigenvalue weighted by molar-refractivity contribution is -0.133. The molecule has 1 unspecified atom stereocenters. The van der Waals surface area contributed by atoms with Crippen LogP contribution in [0.3, 0.4) is 0 Å². The Hall–Kier alpha value is -1.12. The van der Waals surface area contributed by atoms with Gasteiger partial charge in [-0.2, -0.15) is 0 Å². The molecule has 2 rings (SSSR count). The van der Waals surface area contributed by atoms with Crippen LogP contribution in [0.2, 0.25) is 5.02 Å². The van der Waals surface area contributed by atoms with E-state index in [0.717, 1.165) is 11.8 Å². The first kappa shape index (κ1) is 16.3. The van der Waals surface area contributed by atoms with Crippen molar-refractivity contribution < 1.29 is 14.1 Å². The molecule has 0 aliphatic carbocycles. The summed E-state index contributed by atoms with van der Waals surface area (Å²) in [5.41, 5.74) is 1.23. The van der Waals surface area contributed by atoms with Crippen LogP contribution in [0, 0.1) is 0 Å². The Morgan fingerprint density at radius 1 is 1.57 bits per heavy atom. The topological polar surface area (TPSA) is 85.1 Å². The Kier molecular flexibility index (Phi) is 5.60. The molecule has 0 radical (unpaired) electrons. The number of halogens is 1. The fourth-order valence-electron chi connectivity index (χ4n) is 1.74. The van der Waals surface area contributed by atoms with Crippen LogP contribution in [0.5, 0.6) is 0 Å². The van der Waals surface area contributed by atoms with Crippen LogP contribution in [0.1, 0.15) is 6.92 Å². The Bertz CT molecular complexity index is 690. The molecule has 0 fully saturated rings. The van der Waals surface area contributed by atoms with E-state index in [1.54, 1.807) is 10.6 Å². The van der Waals surface area contributed by atoms with Gasteiger partial charge in [-0.25, -0.2) is 9.97 Å². The number of thioether (sulfide) groups is 1. The fraction of sp³-hybridized carbons (Fsp3) is 0.417. The maximum absolute atomic E-state index is 11.6. The average molecular weight is 348 g/mol. The first-order chi connectivity index (χ1) is 10.0. The van der Waals surface area contributed by atoms with Crippen LogP contribution < -0.4 is 0 Å². The molecule has 21 heavy (non-hydrogen) atoms. The number of carboxylic acid groups (broad SMARTS) is 1. The standard InChI is InChI=1S/C12H14ClN3O3S2/c1-2-21(19)4-3-16-11-9(5-8(13)6-14-11)15-12(16)20-7-10(17)18/h5-6H,2-4,7H2,1H3,(H,17,18). The summed E-state index contributed by atoms with van der Waals surface area (Å²) in [7, 11) is -0.908. The molecular formula is C12H14ClN3O3S2. The number of hydrogen-bond acceptors (Lipinski definition) is 5. The maximum atomic E-state index is 11.6. The molecule has 0 bridgehead atoms. The molecule has 1 atom stereocenters. The van der Waals surface area contributed by atoms with E-state index in [2.05, 4.69) is 9.97 Å². The number of rotatable bonds is 7. The van der Waals surface area contributed by atoms with Gasteiger partial charge in [-0.3, -0.25) is 9.00 Å². The molecule has 0 aliphatic heterocycles. The number of aryl methyl sites for hydroxylation is 1. The molecule has 0 saturated carbocycles. The molecular weight excluding hydrogens is 334 g/mol. The van der Waals surface area contributed by atoms with Crippen LogP contribution in [0.15, 0.2) is 17.4 Å². The second kappa shape index (κ2) is 7.24. The second-order valence-corrected chi connectivity index (χ2v) is 7.40. The zero-order chi connectivity index (χ0) is 15.4. The van der Waals surface area contributed by atoms with E-state index in [4.69, 9.17) is 16.7 Å². The van der Waals surface area contributed by atoms with Gasteiger partial charge < -0.3 is 9.67 Å². The van der Waals surface area contributed by atoms with E-state index in [0.29, 0.717) is 39.4 Å². The summed E-state index contributed by atoms with van der Waals surface area (Å²) in [5, 5.41) is 9.82. The van der Waals surface area contributed by atoms with Crippen molar-refractivity contribution in [2.45, 2.75) is 18.6 Å². The molecule has 2 aromatic rings. The molecule has 114 valence electrons. The Morgan fingerprint density at radius 2 is 2.33 bits per heavy atom. The minimum Gasteiger partial charge on any atom is -0.481 e. The quantitative estimate of drug-likeness (QED) is 0.771. The van der Waals surface area contributed by atoms with Gasteiger partial charge >= 0.3 is 5.97 Å². The first-order valence-corrected chi connectivity index (χ1v) is 9.07. The molecule has 9 heteroatoms. The van der Waals surface area contributed by atoms with Crippen molar-refractivity contribution in [3.05, 3.63) is 17.3 Å². The Labute approximate surface area is 133 Å². The van der Waals surface area contributed by atoms with Gasteiger partial charge in [0.2, 0.25) is 0 Å². The molecule has 0 aliphatic rings. The summed E-state index contributed by atoms with van der Waals surface area (Å²) in [5.74, 6) is 0.0614. The number of fused-ring (bicyclic) bond motifs is 1. The Balaban J connectivity index is 2.34. The van der Waals surface area contributed by atoms with Gasteiger partial charge in [-0.1, -0.05) is 30.3 Å². The predicted octanol–water partition coefficient (Wildman–Crippen LogP) is 2.03. The van der Waals surface area contributed by atoms with Crippen molar-refractivity contribution in [3.8, 4) is 0 Å². The molecule has 0 saturated heterocycles. The van der Waals surface area contributed by atoms with Gasteiger partial charge in [0.05, 0.1) is 10.8 Å². The number of aliphatic carboxylic acids is 1. The smallest absolute Gasteiger partial charge is 0.313 e. The van der Waals surface area contributed by atoms with Gasteiger partial charge in [-0.15, -0.1) is 0 Å². The number of carboxylic acids is 1. The molecule has 2 aromatic heterocycles. The summed E-state index contributed by atoms with van der Waals surface area (Å²) in [4.78, 5) is 19.3. The third-order valence-corrected chi connectivity index (χ3v) is 5.16. The first-order valence-electron chi connectivity index (χ1n) is 6.22. The maximum Gasteiger partial charge on any atom is 0.313 e. The van der Waals surface area contributed by atoms with Gasteiger partial charge in [0.15, 0.2) is 10.8 Å². The van der Waals surface area contributed by atoms with E-state index in [-0.39, 0.29) is 5.75 Å². The summed E-state index contributed by atoms with van der Waals surface area (Å²) < 4.78 is 13.4. The number of hydrogen-bond donors (Lipinski definition) is 1. The minimum atomic E-state index is -0.915. The van der Waals surface area contributed by atoms with E-state index in [1.807, 2.05) is 6.92 Å². The average Bonchev–Trinajstić information content (AvgIpc) is 2.79. The zero-order valence-corrected chi connectivity index (χ0v) is 13.7. The van der Waals surface area contributed by atoms with Crippen LogP contribution >= 0.6 is 23.4 Å². The van der Waals surface area contributed by atoms with Crippen molar-refractivity contribution in [3.63, 3.8) is 0 Å². The van der Waals surface area contributed by atoms with Crippen LogP contribution in [-0.4, -0.2) is 47.1 Å².